The molecule has 2 unspecified atom stereocenters. The van der Waals surface area contributed by atoms with Gasteiger partial charge in [-0.1, -0.05) is 6.42 Å². The summed E-state index contributed by atoms with van der Waals surface area (Å²) in [5.74, 6) is -1.07. The summed E-state index contributed by atoms with van der Waals surface area (Å²) in [5, 5.41) is 11.5. The molecule has 0 spiro atoms. The van der Waals surface area contributed by atoms with Gasteiger partial charge in [0.05, 0.1) is 6.61 Å². The van der Waals surface area contributed by atoms with E-state index in [2.05, 4.69) is 10.2 Å². The van der Waals surface area contributed by atoms with E-state index in [1.54, 1.807) is 4.90 Å². The van der Waals surface area contributed by atoms with Crippen LogP contribution in [0.4, 0.5) is 4.79 Å². The molecule has 2 rings (SSSR count). The monoisotopic (exact) mass is 285 g/mol. The Balaban J connectivity index is 1.87. The maximum atomic E-state index is 12.1. The first kappa shape index (κ1) is 15.1. The van der Waals surface area contributed by atoms with Crippen LogP contribution in [0.3, 0.4) is 0 Å². The van der Waals surface area contributed by atoms with Crippen LogP contribution in [0.2, 0.25) is 0 Å². The number of hydrogen-bond donors (Lipinski definition) is 2. The number of aliphatic carboxylic acids is 1. The van der Waals surface area contributed by atoms with Gasteiger partial charge in [0.1, 0.15) is 0 Å². The topological polar surface area (TPSA) is 82.1 Å². The molecule has 2 aliphatic heterocycles. The van der Waals surface area contributed by atoms with Crippen LogP contribution >= 0.6 is 0 Å². The number of urea groups is 1. The van der Waals surface area contributed by atoms with Crippen LogP contribution in [-0.2, 0) is 9.53 Å². The van der Waals surface area contributed by atoms with Crippen molar-refractivity contribution >= 4 is 12.0 Å². The lowest BCUT2D eigenvalue weighted by molar-refractivity contribution is -0.140. The van der Waals surface area contributed by atoms with Gasteiger partial charge in [0.15, 0.2) is 6.04 Å². The maximum absolute atomic E-state index is 12.1. The third-order valence-electron chi connectivity index (χ3n) is 4.05. The van der Waals surface area contributed by atoms with Gasteiger partial charge in [0.2, 0.25) is 0 Å². The summed E-state index contributed by atoms with van der Waals surface area (Å²) in [5.41, 5.74) is 0. The molecule has 2 saturated heterocycles. The number of nitrogens with one attached hydrogen (secondary N) is 1. The Hall–Kier alpha value is -1.34. The molecule has 0 radical (unpaired) electrons. The molecule has 2 aliphatic rings. The minimum absolute atomic E-state index is 0.0233. The second-order valence-electron chi connectivity index (χ2n) is 5.43. The first-order valence-corrected chi connectivity index (χ1v) is 7.13. The van der Waals surface area contributed by atoms with Gasteiger partial charge in [-0.25, -0.2) is 9.59 Å². The number of carboxylic acids is 1. The molecule has 20 heavy (non-hydrogen) atoms. The number of hydrogen-bond acceptors (Lipinski definition) is 4. The van der Waals surface area contributed by atoms with Crippen molar-refractivity contribution in [3.05, 3.63) is 0 Å². The zero-order chi connectivity index (χ0) is 14.5. The minimum Gasteiger partial charge on any atom is -0.480 e. The van der Waals surface area contributed by atoms with Crippen molar-refractivity contribution in [1.82, 2.24) is 15.1 Å². The van der Waals surface area contributed by atoms with Crippen molar-refractivity contribution in [1.29, 1.82) is 0 Å². The molecule has 2 amide bonds. The molecule has 0 aliphatic carbocycles. The quantitative estimate of drug-likeness (QED) is 0.758. The second kappa shape index (κ2) is 6.90. The summed E-state index contributed by atoms with van der Waals surface area (Å²) in [4.78, 5) is 27.3. The Kier molecular flexibility index (Phi) is 5.19. The minimum atomic E-state index is -1.07. The zero-order valence-corrected chi connectivity index (χ0v) is 11.9. The van der Waals surface area contributed by atoms with Gasteiger partial charge in [-0.15, -0.1) is 0 Å². The second-order valence-corrected chi connectivity index (χ2v) is 5.43. The number of carboxylic acid groups (broad SMARTS) is 1. The van der Waals surface area contributed by atoms with E-state index in [4.69, 9.17) is 9.84 Å². The smallest absolute Gasteiger partial charge is 0.328 e. The number of piperidine rings is 1. The molecule has 2 heterocycles. The lowest BCUT2D eigenvalue weighted by Crippen LogP contribution is -2.59. The number of carbonyl (C=O) groups is 2. The van der Waals surface area contributed by atoms with Crippen LogP contribution in [0, 0.1) is 0 Å². The Bertz CT molecular complexity index is 364. The molecule has 2 N–H and O–H groups in total. The molecule has 7 nitrogen and oxygen atoms in total. The van der Waals surface area contributed by atoms with Crippen molar-refractivity contribution in [3.63, 3.8) is 0 Å². The predicted molar refractivity (Wildman–Crippen MR) is 72.6 cm³/mol. The number of amides is 2. The SMILES string of the molecule is COCC(NC(=O)N1CCN2CCCCC2C1)C(=O)O. The molecule has 2 atom stereocenters. The van der Waals surface area contributed by atoms with Gasteiger partial charge >= 0.3 is 12.0 Å². The number of carbonyl (C=O) groups excluding carboxylic acids is 1. The van der Waals surface area contributed by atoms with Gasteiger partial charge < -0.3 is 20.1 Å². The van der Waals surface area contributed by atoms with Crippen LogP contribution in [0.5, 0.6) is 0 Å². The number of piperazine rings is 1. The summed E-state index contributed by atoms with van der Waals surface area (Å²) >= 11 is 0. The van der Waals surface area contributed by atoms with Crippen molar-refractivity contribution < 1.29 is 19.4 Å². The van der Waals surface area contributed by atoms with Crippen LogP contribution in [0.15, 0.2) is 0 Å². The van der Waals surface area contributed by atoms with E-state index < -0.39 is 12.0 Å². The highest BCUT2D eigenvalue weighted by molar-refractivity contribution is 5.82. The molecule has 0 bridgehead atoms. The fourth-order valence-electron chi connectivity index (χ4n) is 2.92. The first-order chi connectivity index (χ1) is 9.61. The molecule has 0 saturated carbocycles. The number of ether oxygens (including phenoxy) is 1. The van der Waals surface area contributed by atoms with E-state index in [0.29, 0.717) is 19.1 Å². The van der Waals surface area contributed by atoms with Crippen LogP contribution in [-0.4, -0.2) is 78.9 Å². The van der Waals surface area contributed by atoms with Crippen molar-refractivity contribution in [3.8, 4) is 0 Å². The van der Waals surface area contributed by atoms with Gasteiger partial charge in [-0.2, -0.15) is 0 Å². The third kappa shape index (κ3) is 3.61. The fraction of sp³-hybridized carbons (Fsp3) is 0.846. The van der Waals surface area contributed by atoms with E-state index in [1.165, 1.54) is 20.0 Å². The number of fused-ring (bicyclic) bond motifs is 1. The van der Waals surface area contributed by atoms with E-state index in [0.717, 1.165) is 19.5 Å². The fourth-order valence-corrected chi connectivity index (χ4v) is 2.92. The standard InChI is InChI=1S/C13H23N3O4/c1-20-9-11(12(17)18)14-13(19)16-7-6-15-5-3-2-4-10(15)8-16/h10-11H,2-9H2,1H3,(H,14,19)(H,17,18). The van der Waals surface area contributed by atoms with Crippen molar-refractivity contribution in [2.75, 3.05) is 39.9 Å². The zero-order valence-electron chi connectivity index (χ0n) is 11.9. The average molecular weight is 285 g/mol. The summed E-state index contributed by atoms with van der Waals surface area (Å²) in [6.45, 7) is 3.30. The molecule has 7 heteroatoms. The Morgan fingerprint density at radius 2 is 2.15 bits per heavy atom. The van der Waals surface area contributed by atoms with E-state index in [-0.39, 0.29) is 12.6 Å². The largest absolute Gasteiger partial charge is 0.480 e. The lowest BCUT2D eigenvalue weighted by Gasteiger charge is -2.44. The highest BCUT2D eigenvalue weighted by atomic mass is 16.5. The van der Waals surface area contributed by atoms with Crippen molar-refractivity contribution in [2.45, 2.75) is 31.3 Å². The number of nitrogens with zero attached hydrogens (tertiary/aromatic N) is 2. The van der Waals surface area contributed by atoms with Gasteiger partial charge in [0, 0.05) is 32.8 Å². The predicted octanol–water partition coefficient (Wildman–Crippen LogP) is -0.0343. The summed E-state index contributed by atoms with van der Waals surface area (Å²) < 4.78 is 4.82. The van der Waals surface area contributed by atoms with Crippen LogP contribution in [0.1, 0.15) is 19.3 Å². The van der Waals surface area contributed by atoms with Crippen LogP contribution < -0.4 is 5.32 Å². The van der Waals surface area contributed by atoms with Gasteiger partial charge in [-0.05, 0) is 19.4 Å². The molecule has 2 fully saturated rings. The number of methoxy groups -OCH3 is 1. The van der Waals surface area contributed by atoms with E-state index in [1.807, 2.05) is 0 Å². The molecular weight excluding hydrogens is 262 g/mol. The van der Waals surface area contributed by atoms with E-state index in [9.17, 15) is 9.59 Å². The van der Waals surface area contributed by atoms with Gasteiger partial charge in [-0.3, -0.25) is 4.90 Å². The Morgan fingerprint density at radius 3 is 2.85 bits per heavy atom. The normalized spacial score (nSPS) is 24.9. The maximum Gasteiger partial charge on any atom is 0.328 e. The average Bonchev–Trinajstić information content (AvgIpc) is 2.46. The molecule has 114 valence electrons. The third-order valence-corrected chi connectivity index (χ3v) is 4.05. The summed E-state index contributed by atoms with van der Waals surface area (Å²) in [7, 11) is 1.42. The molecular formula is C13H23N3O4. The highest BCUT2D eigenvalue weighted by Gasteiger charge is 2.32. The van der Waals surface area contributed by atoms with Crippen LogP contribution in [0.25, 0.3) is 0 Å². The molecule has 0 aromatic rings. The summed E-state index contributed by atoms with van der Waals surface area (Å²) in [6.07, 6.45) is 3.56. The van der Waals surface area contributed by atoms with Gasteiger partial charge in [0.25, 0.3) is 0 Å². The Labute approximate surface area is 118 Å². The number of rotatable bonds is 4. The first-order valence-electron chi connectivity index (χ1n) is 7.13. The van der Waals surface area contributed by atoms with Crippen molar-refractivity contribution in [2.24, 2.45) is 0 Å². The molecule has 0 aromatic carbocycles. The summed E-state index contributed by atoms with van der Waals surface area (Å²) in [6, 6.07) is -0.870. The Morgan fingerprint density at radius 1 is 1.35 bits per heavy atom. The lowest BCUT2D eigenvalue weighted by atomic mass is 10.00. The molecule has 0 aromatic heterocycles. The van der Waals surface area contributed by atoms with E-state index >= 15 is 0 Å². The highest BCUT2D eigenvalue weighted by Crippen LogP contribution is 2.21.